The van der Waals surface area contributed by atoms with E-state index in [0.717, 1.165) is 9.87 Å². The summed E-state index contributed by atoms with van der Waals surface area (Å²) in [6.07, 6.45) is 6.49. The first-order chi connectivity index (χ1) is 8.37. The van der Waals surface area contributed by atoms with Crippen molar-refractivity contribution in [3.8, 4) is 12.5 Å². The number of sulfonamides is 1. The first-order valence-electron chi connectivity index (χ1n) is 5.06. The lowest BCUT2D eigenvalue weighted by Gasteiger charge is -2.15. The molecule has 0 aliphatic rings. The summed E-state index contributed by atoms with van der Waals surface area (Å²) in [6.45, 7) is 1.35. The van der Waals surface area contributed by atoms with E-state index in [1.807, 2.05) is 0 Å². The molecule has 98 valence electrons. The van der Waals surface area contributed by atoms with Gasteiger partial charge in [0.15, 0.2) is 0 Å². The second kappa shape index (κ2) is 5.67. The molecule has 0 unspecified atom stereocenters. The van der Waals surface area contributed by atoms with Crippen molar-refractivity contribution < 1.29 is 19.4 Å². The molecular formula is C12H15NO4S. The van der Waals surface area contributed by atoms with Crippen molar-refractivity contribution in [2.75, 3.05) is 13.6 Å². The number of ether oxygens (including phenoxy) is 1. The van der Waals surface area contributed by atoms with Crippen LogP contribution in [-0.2, 0) is 19.6 Å². The van der Waals surface area contributed by atoms with Gasteiger partial charge in [-0.2, -0.15) is 4.31 Å². The molecule has 0 heterocycles. The number of terminal acetylenes is 1. The zero-order valence-electron chi connectivity index (χ0n) is 10.1. The Morgan fingerprint density at radius 2 is 2.22 bits per heavy atom. The number of likely N-dealkylation sites (N-methyl/N-ethyl adjacent to an activating group) is 1. The first-order valence-corrected chi connectivity index (χ1v) is 6.50. The predicted molar refractivity (Wildman–Crippen MR) is 68.0 cm³/mol. The molecule has 0 aromatic heterocycles. The van der Waals surface area contributed by atoms with Gasteiger partial charge in [-0.15, -0.1) is 0 Å². The van der Waals surface area contributed by atoms with Gasteiger partial charge in [-0.05, 0) is 24.6 Å². The lowest BCUT2D eigenvalue weighted by Crippen LogP contribution is -2.32. The molecule has 0 aliphatic carbocycles. The quantitative estimate of drug-likeness (QED) is 0.604. The fourth-order valence-corrected chi connectivity index (χ4v) is 2.54. The van der Waals surface area contributed by atoms with E-state index in [-0.39, 0.29) is 6.32 Å². The molecular weight excluding hydrogens is 254 g/mol. The number of hydrogen-bond donors (Lipinski definition) is 0. The van der Waals surface area contributed by atoms with Gasteiger partial charge in [0.05, 0.1) is 4.90 Å². The highest BCUT2D eigenvalue weighted by atomic mass is 32.2. The molecule has 1 aromatic rings. The lowest BCUT2D eigenvalue weighted by molar-refractivity contribution is -0.136. The van der Waals surface area contributed by atoms with Crippen LogP contribution in [0.5, 0.6) is 0 Å². The summed E-state index contributed by atoms with van der Waals surface area (Å²) in [6, 6.07) is 6.41. The smallest absolute Gasteiger partial charge is 0.335 e. The molecule has 0 bridgehead atoms. The zero-order valence-corrected chi connectivity index (χ0v) is 10.9. The zero-order chi connectivity index (χ0) is 13.8. The van der Waals surface area contributed by atoms with Gasteiger partial charge in [0, 0.05) is 8.47 Å². The molecule has 1 aromatic carbocycles. The largest absolute Gasteiger partial charge is 0.371 e. The maximum Gasteiger partial charge on any atom is 0.335 e. The van der Waals surface area contributed by atoms with Crippen molar-refractivity contribution in [1.82, 2.24) is 4.31 Å². The Hall–Kier alpha value is -1.84. The van der Waals surface area contributed by atoms with Gasteiger partial charge >= 0.3 is 5.97 Å². The standard InChI is InChI=1S/C12H13NO4S.H2/c1-4-17-12(14)9-13(3)18(15,16)11-7-5-6-10(2)8-11;/h1,5-8H,9H2,2-3H3;1H. The fourth-order valence-electron chi connectivity index (χ4n) is 1.32. The maximum atomic E-state index is 12.1. The van der Waals surface area contributed by atoms with Crippen molar-refractivity contribution >= 4 is 16.0 Å². The number of esters is 1. The number of rotatable bonds is 4. The van der Waals surface area contributed by atoms with Crippen LogP contribution in [0.2, 0.25) is 0 Å². The van der Waals surface area contributed by atoms with Crippen LogP contribution in [0.15, 0.2) is 29.2 Å². The van der Waals surface area contributed by atoms with Crippen LogP contribution in [0.1, 0.15) is 6.99 Å². The number of hydrogen-bond acceptors (Lipinski definition) is 4. The van der Waals surface area contributed by atoms with Crippen molar-refractivity contribution in [3.05, 3.63) is 29.8 Å². The number of carbonyl (C=O) groups excluding carboxylic acids is 1. The Morgan fingerprint density at radius 3 is 2.78 bits per heavy atom. The summed E-state index contributed by atoms with van der Waals surface area (Å²) in [7, 11) is -2.42. The molecule has 1 rings (SSSR count). The minimum absolute atomic E-state index is 0. The van der Waals surface area contributed by atoms with Crippen molar-refractivity contribution in [1.29, 1.82) is 0 Å². The van der Waals surface area contributed by atoms with Crippen LogP contribution < -0.4 is 0 Å². The third-order valence-electron chi connectivity index (χ3n) is 2.22. The summed E-state index contributed by atoms with van der Waals surface area (Å²) in [4.78, 5) is 11.3. The molecule has 0 fully saturated rings. The number of aryl methyl sites for hydroxylation is 1. The average molecular weight is 269 g/mol. The number of benzene rings is 1. The minimum atomic E-state index is -3.71. The Morgan fingerprint density at radius 1 is 1.56 bits per heavy atom. The summed E-state index contributed by atoms with van der Waals surface area (Å²) in [5.41, 5.74) is 0.815. The molecule has 0 saturated heterocycles. The van der Waals surface area contributed by atoms with E-state index in [2.05, 4.69) is 4.74 Å². The normalized spacial score (nSPS) is 11.0. The highest BCUT2D eigenvalue weighted by molar-refractivity contribution is 7.89. The maximum absolute atomic E-state index is 12.1. The van der Waals surface area contributed by atoms with E-state index in [0.29, 0.717) is 0 Å². The van der Waals surface area contributed by atoms with Crippen LogP contribution in [0.3, 0.4) is 0 Å². The predicted octanol–water partition coefficient (Wildman–Crippen LogP) is 0.995. The van der Waals surface area contributed by atoms with Gasteiger partial charge in [-0.25, -0.2) is 13.2 Å². The van der Waals surface area contributed by atoms with Crippen LogP contribution in [0, 0.1) is 19.5 Å². The Balaban J connectivity index is 0.00000324. The Bertz CT molecular complexity index is 592. The highest BCUT2D eigenvalue weighted by Crippen LogP contribution is 2.15. The van der Waals surface area contributed by atoms with E-state index < -0.39 is 22.5 Å². The van der Waals surface area contributed by atoms with Gasteiger partial charge in [-0.1, -0.05) is 18.6 Å². The lowest BCUT2D eigenvalue weighted by atomic mass is 10.2. The fraction of sp³-hybridized carbons (Fsp3) is 0.250. The monoisotopic (exact) mass is 269 g/mol. The summed E-state index contributed by atoms with van der Waals surface area (Å²) < 4.78 is 29.3. The second-order valence-electron chi connectivity index (χ2n) is 3.67. The third-order valence-corrected chi connectivity index (χ3v) is 4.02. The minimum Gasteiger partial charge on any atom is -0.371 e. The molecule has 6 heteroatoms. The topological polar surface area (TPSA) is 63.7 Å². The van der Waals surface area contributed by atoms with Crippen molar-refractivity contribution in [2.24, 2.45) is 0 Å². The van der Waals surface area contributed by atoms with Crippen LogP contribution in [-0.4, -0.2) is 32.3 Å². The van der Waals surface area contributed by atoms with Gasteiger partial charge in [0.2, 0.25) is 10.0 Å². The molecule has 0 aliphatic heterocycles. The third kappa shape index (κ3) is 3.32. The molecule has 0 amide bonds. The van der Waals surface area contributed by atoms with Crippen molar-refractivity contribution in [2.45, 2.75) is 11.8 Å². The number of carbonyl (C=O) groups is 1. The van der Waals surface area contributed by atoms with Crippen LogP contribution in [0.4, 0.5) is 0 Å². The average Bonchev–Trinajstić information content (AvgIpc) is 2.29. The van der Waals surface area contributed by atoms with E-state index >= 15 is 0 Å². The number of nitrogens with zero attached hydrogens (tertiary/aromatic N) is 1. The van der Waals surface area contributed by atoms with Gasteiger partial charge in [-0.3, -0.25) is 0 Å². The summed E-state index contributed by atoms with van der Waals surface area (Å²) in [5.74, 6) is -0.795. The Labute approximate surface area is 108 Å². The van der Waals surface area contributed by atoms with Gasteiger partial charge < -0.3 is 4.74 Å². The molecule has 0 N–H and O–H groups in total. The van der Waals surface area contributed by atoms with E-state index in [1.54, 1.807) is 25.2 Å². The first kappa shape index (κ1) is 14.2. The highest BCUT2D eigenvalue weighted by Gasteiger charge is 2.23. The molecule has 0 radical (unpaired) electrons. The van der Waals surface area contributed by atoms with E-state index in [4.69, 9.17) is 6.42 Å². The molecule has 0 saturated carbocycles. The van der Waals surface area contributed by atoms with E-state index in [9.17, 15) is 13.2 Å². The Kier molecular flexibility index (Phi) is 4.48. The summed E-state index contributed by atoms with van der Waals surface area (Å²) >= 11 is 0. The van der Waals surface area contributed by atoms with Crippen molar-refractivity contribution in [3.63, 3.8) is 0 Å². The molecule has 0 atom stereocenters. The molecule has 0 spiro atoms. The van der Waals surface area contributed by atoms with Crippen LogP contribution in [0.25, 0.3) is 0 Å². The molecule has 18 heavy (non-hydrogen) atoms. The summed E-state index contributed by atoms with van der Waals surface area (Å²) in [5, 5.41) is 0. The SMILES string of the molecule is C#COC(=O)CN(C)S(=O)(=O)c1cccc(C)c1.[HH]. The van der Waals surface area contributed by atoms with Crippen LogP contribution >= 0.6 is 0 Å². The molecule has 5 nitrogen and oxygen atoms in total. The van der Waals surface area contributed by atoms with Gasteiger partial charge in [0.1, 0.15) is 12.7 Å². The van der Waals surface area contributed by atoms with Gasteiger partial charge in [0.25, 0.3) is 0 Å². The van der Waals surface area contributed by atoms with E-state index in [1.165, 1.54) is 19.2 Å². The second-order valence-corrected chi connectivity index (χ2v) is 5.71.